The first-order valence-electron chi connectivity index (χ1n) is 12.1. The third kappa shape index (κ3) is 5.59. The minimum Gasteiger partial charge on any atom is -0.497 e. The number of benzene rings is 2. The number of carbonyl (C=O) groups is 2. The number of aryl methyl sites for hydroxylation is 2. The summed E-state index contributed by atoms with van der Waals surface area (Å²) in [6.07, 6.45) is 0. The van der Waals surface area contributed by atoms with Crippen LogP contribution in [-0.4, -0.2) is 63.3 Å². The van der Waals surface area contributed by atoms with Crippen LogP contribution in [0.15, 0.2) is 53.7 Å². The van der Waals surface area contributed by atoms with Gasteiger partial charge in [0.15, 0.2) is 0 Å². The number of carbonyl (C=O) groups excluding carboxylic acids is 2. The van der Waals surface area contributed by atoms with Gasteiger partial charge in [-0.1, -0.05) is 24.3 Å². The third-order valence-electron chi connectivity index (χ3n) is 6.54. The molecule has 0 radical (unpaired) electrons. The van der Waals surface area contributed by atoms with E-state index in [2.05, 4.69) is 52.5 Å². The van der Waals surface area contributed by atoms with E-state index in [1.165, 1.54) is 16.8 Å². The van der Waals surface area contributed by atoms with Crippen LogP contribution >= 0.6 is 0 Å². The fourth-order valence-corrected chi connectivity index (χ4v) is 4.69. The lowest BCUT2D eigenvalue weighted by atomic mass is 9.94. The van der Waals surface area contributed by atoms with Gasteiger partial charge in [0.25, 0.3) is 0 Å². The Bertz CT molecular complexity index is 1120. The van der Waals surface area contributed by atoms with Crippen molar-refractivity contribution in [3.8, 4) is 5.75 Å². The number of hydrogen-bond donors (Lipinski definition) is 2. The number of nitrogens with zero attached hydrogens (tertiary/aromatic N) is 2. The van der Waals surface area contributed by atoms with Gasteiger partial charge in [-0.25, -0.2) is 9.59 Å². The summed E-state index contributed by atoms with van der Waals surface area (Å²) in [5.41, 5.74) is 5.56. The lowest BCUT2D eigenvalue weighted by Crippen LogP contribution is -2.52. The Morgan fingerprint density at radius 3 is 2.57 bits per heavy atom. The monoisotopic (exact) mass is 478 g/mol. The van der Waals surface area contributed by atoms with Crippen molar-refractivity contribution in [2.45, 2.75) is 26.8 Å². The summed E-state index contributed by atoms with van der Waals surface area (Å²) in [5, 5.41) is 5.77. The molecule has 2 aliphatic rings. The predicted octanol–water partition coefficient (Wildman–Crippen LogP) is 3.31. The standard InChI is InChI=1S/C27H34N4O4/c1-5-35-26(32)24-22(28-27(33)29-25(24)20-7-6-8-21(16-20)34-4)17-30-11-13-31(14-12-30)23-15-18(2)9-10-19(23)3/h6-10,15-16,25H,5,11-14,17H2,1-4H3,(H2,28,29,33)/t25-/m1/s1. The zero-order valence-electron chi connectivity index (χ0n) is 20.9. The number of esters is 1. The van der Waals surface area contributed by atoms with Gasteiger partial charge in [0.1, 0.15) is 5.75 Å². The highest BCUT2D eigenvalue weighted by Gasteiger charge is 2.35. The third-order valence-corrected chi connectivity index (χ3v) is 6.54. The Hall–Kier alpha value is -3.52. The van der Waals surface area contributed by atoms with Gasteiger partial charge in [-0.15, -0.1) is 0 Å². The minimum atomic E-state index is -0.621. The molecule has 2 aromatic carbocycles. The normalized spacial score (nSPS) is 18.7. The van der Waals surface area contributed by atoms with Crippen LogP contribution in [0.2, 0.25) is 0 Å². The highest BCUT2D eigenvalue weighted by molar-refractivity contribution is 5.95. The van der Waals surface area contributed by atoms with Crippen molar-refractivity contribution in [1.82, 2.24) is 15.5 Å². The van der Waals surface area contributed by atoms with Gasteiger partial charge in [0, 0.05) is 44.1 Å². The van der Waals surface area contributed by atoms with Crippen LogP contribution in [0.25, 0.3) is 0 Å². The fourth-order valence-electron chi connectivity index (χ4n) is 4.69. The van der Waals surface area contributed by atoms with Crippen molar-refractivity contribution in [2.24, 2.45) is 0 Å². The van der Waals surface area contributed by atoms with Crippen LogP contribution < -0.4 is 20.3 Å². The molecule has 4 rings (SSSR count). The zero-order valence-corrected chi connectivity index (χ0v) is 20.9. The summed E-state index contributed by atoms with van der Waals surface area (Å²) >= 11 is 0. The van der Waals surface area contributed by atoms with Gasteiger partial charge in [-0.2, -0.15) is 0 Å². The maximum atomic E-state index is 13.1. The fraction of sp³-hybridized carbons (Fsp3) is 0.407. The Balaban J connectivity index is 1.57. The van der Waals surface area contributed by atoms with E-state index in [9.17, 15) is 9.59 Å². The number of methoxy groups -OCH3 is 1. The van der Waals surface area contributed by atoms with Crippen molar-refractivity contribution in [2.75, 3.05) is 51.3 Å². The van der Waals surface area contributed by atoms with Crippen LogP contribution in [-0.2, 0) is 9.53 Å². The molecule has 2 amide bonds. The van der Waals surface area contributed by atoms with Gasteiger partial charge in [-0.05, 0) is 55.7 Å². The minimum absolute atomic E-state index is 0.253. The summed E-state index contributed by atoms with van der Waals surface area (Å²) in [6, 6.07) is 13.0. The second kappa shape index (κ2) is 10.8. The molecule has 1 fully saturated rings. The first-order chi connectivity index (χ1) is 16.9. The Morgan fingerprint density at radius 2 is 1.86 bits per heavy atom. The first kappa shape index (κ1) is 24.6. The average Bonchev–Trinajstić information content (AvgIpc) is 2.86. The second-order valence-corrected chi connectivity index (χ2v) is 8.97. The van der Waals surface area contributed by atoms with Crippen molar-refractivity contribution in [1.29, 1.82) is 0 Å². The quantitative estimate of drug-likeness (QED) is 0.594. The van der Waals surface area contributed by atoms with Gasteiger partial charge in [0.2, 0.25) is 0 Å². The summed E-state index contributed by atoms with van der Waals surface area (Å²) in [4.78, 5) is 30.4. The van der Waals surface area contributed by atoms with E-state index >= 15 is 0 Å². The van der Waals surface area contributed by atoms with Gasteiger partial charge in [-0.3, -0.25) is 4.90 Å². The van der Waals surface area contributed by atoms with Gasteiger partial charge < -0.3 is 25.0 Å². The maximum absolute atomic E-state index is 13.1. The number of nitrogens with one attached hydrogen (secondary N) is 2. The van der Waals surface area contributed by atoms with Crippen LogP contribution in [0, 0.1) is 13.8 Å². The van der Waals surface area contributed by atoms with Gasteiger partial charge in [0.05, 0.1) is 25.3 Å². The molecule has 186 valence electrons. The van der Waals surface area contributed by atoms with E-state index in [4.69, 9.17) is 9.47 Å². The number of ether oxygens (including phenoxy) is 2. The number of hydrogen-bond acceptors (Lipinski definition) is 6. The predicted molar refractivity (Wildman–Crippen MR) is 136 cm³/mol. The molecule has 0 saturated carbocycles. The van der Waals surface area contributed by atoms with Crippen LogP contribution in [0.3, 0.4) is 0 Å². The molecule has 2 N–H and O–H groups in total. The summed E-state index contributed by atoms with van der Waals surface area (Å²) in [5.74, 6) is 0.222. The number of anilines is 1. The van der Waals surface area contributed by atoms with Crippen molar-refractivity contribution >= 4 is 17.7 Å². The molecule has 1 saturated heterocycles. The SMILES string of the molecule is CCOC(=O)C1=C(CN2CCN(c3cc(C)ccc3C)CC2)NC(=O)N[C@@H]1c1cccc(OC)c1. The molecule has 0 spiro atoms. The molecule has 35 heavy (non-hydrogen) atoms. The molecule has 2 heterocycles. The molecule has 2 aliphatic heterocycles. The summed E-state index contributed by atoms with van der Waals surface area (Å²) in [7, 11) is 1.59. The first-order valence-corrected chi connectivity index (χ1v) is 12.1. The molecular weight excluding hydrogens is 444 g/mol. The molecule has 0 aromatic heterocycles. The Labute approximate surface area is 206 Å². The van der Waals surface area contributed by atoms with E-state index in [1.54, 1.807) is 14.0 Å². The number of rotatable bonds is 7. The summed E-state index contributed by atoms with van der Waals surface area (Å²) < 4.78 is 10.8. The van der Waals surface area contributed by atoms with Crippen molar-refractivity contribution in [3.05, 3.63) is 70.4 Å². The molecule has 8 nitrogen and oxygen atoms in total. The molecule has 0 unspecified atom stereocenters. The van der Waals surface area contributed by atoms with E-state index in [1.807, 2.05) is 24.3 Å². The van der Waals surface area contributed by atoms with Crippen LogP contribution in [0.4, 0.5) is 10.5 Å². The number of amides is 2. The molecule has 1 atom stereocenters. The molecule has 8 heteroatoms. The molecule has 0 aliphatic carbocycles. The summed E-state index contributed by atoms with van der Waals surface area (Å²) in [6.45, 7) is 10.1. The highest BCUT2D eigenvalue weighted by atomic mass is 16.5. The average molecular weight is 479 g/mol. The zero-order chi connectivity index (χ0) is 24.9. The second-order valence-electron chi connectivity index (χ2n) is 8.97. The largest absolute Gasteiger partial charge is 0.497 e. The van der Waals surface area contributed by atoms with Crippen molar-refractivity contribution < 1.29 is 19.1 Å². The maximum Gasteiger partial charge on any atom is 0.338 e. The molecule has 2 aromatic rings. The topological polar surface area (TPSA) is 83.1 Å². The van der Waals surface area contributed by atoms with E-state index in [0.717, 1.165) is 31.7 Å². The van der Waals surface area contributed by atoms with E-state index in [-0.39, 0.29) is 12.6 Å². The Morgan fingerprint density at radius 1 is 1.09 bits per heavy atom. The number of urea groups is 1. The number of piperazine rings is 1. The molecular formula is C27H34N4O4. The van der Waals surface area contributed by atoms with Crippen LogP contribution in [0.5, 0.6) is 5.75 Å². The van der Waals surface area contributed by atoms with Crippen molar-refractivity contribution in [3.63, 3.8) is 0 Å². The lowest BCUT2D eigenvalue weighted by molar-refractivity contribution is -0.139. The van der Waals surface area contributed by atoms with Gasteiger partial charge >= 0.3 is 12.0 Å². The Kier molecular flexibility index (Phi) is 7.60. The van der Waals surface area contributed by atoms with E-state index in [0.29, 0.717) is 23.6 Å². The molecule has 0 bridgehead atoms. The van der Waals surface area contributed by atoms with E-state index < -0.39 is 12.0 Å². The highest BCUT2D eigenvalue weighted by Crippen LogP contribution is 2.30. The van der Waals surface area contributed by atoms with Crippen LogP contribution in [0.1, 0.15) is 29.7 Å². The lowest BCUT2D eigenvalue weighted by Gasteiger charge is -2.38. The smallest absolute Gasteiger partial charge is 0.338 e.